The lowest BCUT2D eigenvalue weighted by molar-refractivity contribution is 0.230. The molecule has 0 radical (unpaired) electrons. The highest BCUT2D eigenvalue weighted by Gasteiger charge is 2.29. The van der Waals surface area contributed by atoms with E-state index in [1.165, 1.54) is 56.6 Å². The van der Waals surface area contributed by atoms with E-state index < -0.39 is 0 Å². The fourth-order valence-corrected chi connectivity index (χ4v) is 3.47. The number of aryl methyl sites for hydroxylation is 1. The van der Waals surface area contributed by atoms with Gasteiger partial charge in [-0.2, -0.15) is 0 Å². The largest absolute Gasteiger partial charge is 0.398 e. The Morgan fingerprint density at radius 2 is 2.00 bits per heavy atom. The summed E-state index contributed by atoms with van der Waals surface area (Å²) in [6.07, 6.45) is 4.11. The quantitative estimate of drug-likeness (QED) is 0.845. The second-order valence-electron chi connectivity index (χ2n) is 6.12. The maximum absolute atomic E-state index is 6.09. The number of rotatable bonds is 3. The number of hydrogen-bond acceptors (Lipinski definition) is 3. The van der Waals surface area contributed by atoms with Gasteiger partial charge in [-0.25, -0.2) is 0 Å². The number of benzene rings is 1. The molecule has 2 aliphatic rings. The van der Waals surface area contributed by atoms with E-state index in [1.54, 1.807) is 0 Å². The summed E-state index contributed by atoms with van der Waals surface area (Å²) >= 11 is 0. The van der Waals surface area contributed by atoms with E-state index in [9.17, 15) is 0 Å². The van der Waals surface area contributed by atoms with E-state index in [2.05, 4.69) is 28.9 Å². The molecule has 3 nitrogen and oxygen atoms in total. The molecule has 0 spiro atoms. The number of nitrogen functional groups attached to an aromatic ring is 1. The number of anilines is 1. The van der Waals surface area contributed by atoms with Crippen molar-refractivity contribution in [3.8, 4) is 0 Å². The first-order valence-electron chi connectivity index (χ1n) is 7.54. The van der Waals surface area contributed by atoms with Crippen LogP contribution in [0.1, 0.15) is 30.4 Å². The lowest BCUT2D eigenvalue weighted by Gasteiger charge is -2.24. The van der Waals surface area contributed by atoms with E-state index in [4.69, 9.17) is 5.73 Å². The molecule has 2 saturated heterocycles. The topological polar surface area (TPSA) is 32.5 Å². The summed E-state index contributed by atoms with van der Waals surface area (Å²) in [6.45, 7) is 8.20. The van der Waals surface area contributed by atoms with Crippen LogP contribution in [-0.4, -0.2) is 42.0 Å². The van der Waals surface area contributed by atoms with Crippen LogP contribution in [0.15, 0.2) is 18.2 Å². The second-order valence-corrected chi connectivity index (χ2v) is 6.12. The van der Waals surface area contributed by atoms with Crippen molar-refractivity contribution in [2.24, 2.45) is 0 Å². The molecule has 0 saturated carbocycles. The summed E-state index contributed by atoms with van der Waals surface area (Å²) in [5, 5.41) is 0. The van der Waals surface area contributed by atoms with E-state index >= 15 is 0 Å². The van der Waals surface area contributed by atoms with Gasteiger partial charge in [0, 0.05) is 31.4 Å². The number of likely N-dealkylation sites (tertiary alicyclic amines) is 2. The van der Waals surface area contributed by atoms with Crippen LogP contribution in [0.3, 0.4) is 0 Å². The lowest BCUT2D eigenvalue weighted by atomic mass is 10.1. The average molecular weight is 259 g/mol. The van der Waals surface area contributed by atoms with Crippen LogP contribution < -0.4 is 5.73 Å². The Balaban J connectivity index is 1.60. The van der Waals surface area contributed by atoms with E-state index in [1.807, 2.05) is 6.07 Å². The Hall–Kier alpha value is -1.06. The van der Waals surface area contributed by atoms with Gasteiger partial charge < -0.3 is 5.73 Å². The highest BCUT2D eigenvalue weighted by Crippen LogP contribution is 2.23. The van der Waals surface area contributed by atoms with Gasteiger partial charge in [0.05, 0.1) is 0 Å². The summed E-state index contributed by atoms with van der Waals surface area (Å²) in [5.41, 5.74) is 9.63. The van der Waals surface area contributed by atoms with Crippen LogP contribution in [0, 0.1) is 6.92 Å². The first kappa shape index (κ1) is 12.9. The molecular formula is C16H25N3. The first-order valence-corrected chi connectivity index (χ1v) is 7.54. The molecule has 0 amide bonds. The van der Waals surface area contributed by atoms with Gasteiger partial charge in [0.1, 0.15) is 0 Å². The third-order valence-electron chi connectivity index (χ3n) is 4.60. The minimum Gasteiger partial charge on any atom is -0.398 e. The molecule has 2 aliphatic heterocycles. The highest BCUT2D eigenvalue weighted by atomic mass is 15.3. The molecule has 1 aromatic rings. The van der Waals surface area contributed by atoms with Crippen molar-refractivity contribution in [1.82, 2.24) is 9.80 Å². The standard InChI is InChI=1S/C16H25N3/c1-13-4-5-16(17)14(10-13)11-18-9-6-15(12-18)19-7-2-3-8-19/h4-5,10,15H,2-3,6-9,11-12,17H2,1H3. The van der Waals surface area contributed by atoms with Crippen LogP contribution in [0.2, 0.25) is 0 Å². The van der Waals surface area contributed by atoms with Crippen LogP contribution >= 0.6 is 0 Å². The molecule has 19 heavy (non-hydrogen) atoms. The molecule has 0 aromatic heterocycles. The fraction of sp³-hybridized carbons (Fsp3) is 0.625. The zero-order valence-corrected chi connectivity index (χ0v) is 11.9. The molecule has 3 heteroatoms. The minimum absolute atomic E-state index is 0.786. The molecule has 1 atom stereocenters. The van der Waals surface area contributed by atoms with Crippen LogP contribution in [0.25, 0.3) is 0 Å². The third kappa shape index (κ3) is 2.93. The Labute approximate surface area is 116 Å². The maximum atomic E-state index is 6.09. The predicted octanol–water partition coefficient (Wildman–Crippen LogP) is 2.25. The van der Waals surface area contributed by atoms with Gasteiger partial charge in [-0.1, -0.05) is 17.7 Å². The fourth-order valence-electron chi connectivity index (χ4n) is 3.47. The molecule has 3 rings (SSSR count). The Kier molecular flexibility index (Phi) is 3.76. The van der Waals surface area contributed by atoms with Crippen LogP contribution in [0.4, 0.5) is 5.69 Å². The van der Waals surface area contributed by atoms with E-state index in [-0.39, 0.29) is 0 Å². The maximum Gasteiger partial charge on any atom is 0.0359 e. The second kappa shape index (κ2) is 5.51. The molecular weight excluding hydrogens is 234 g/mol. The van der Waals surface area contributed by atoms with E-state index in [0.29, 0.717) is 0 Å². The van der Waals surface area contributed by atoms with Gasteiger partial charge in [-0.15, -0.1) is 0 Å². The van der Waals surface area contributed by atoms with Crippen molar-refractivity contribution >= 4 is 5.69 Å². The van der Waals surface area contributed by atoms with Crippen molar-refractivity contribution in [1.29, 1.82) is 0 Å². The molecule has 0 bridgehead atoms. The normalized spacial score (nSPS) is 25.2. The van der Waals surface area contributed by atoms with E-state index in [0.717, 1.165) is 18.3 Å². The van der Waals surface area contributed by atoms with Crippen molar-refractivity contribution in [2.75, 3.05) is 31.9 Å². The zero-order valence-electron chi connectivity index (χ0n) is 11.9. The molecule has 0 aliphatic carbocycles. The Morgan fingerprint density at radius 3 is 2.79 bits per heavy atom. The Bertz CT molecular complexity index is 438. The lowest BCUT2D eigenvalue weighted by Crippen LogP contribution is -2.35. The van der Waals surface area contributed by atoms with Crippen molar-refractivity contribution in [3.05, 3.63) is 29.3 Å². The summed E-state index contributed by atoms with van der Waals surface area (Å²) in [4.78, 5) is 5.24. The van der Waals surface area contributed by atoms with Crippen molar-refractivity contribution < 1.29 is 0 Å². The Morgan fingerprint density at radius 1 is 1.21 bits per heavy atom. The van der Waals surface area contributed by atoms with Crippen molar-refractivity contribution in [2.45, 2.75) is 38.8 Å². The molecule has 1 unspecified atom stereocenters. The number of nitrogens with zero attached hydrogens (tertiary/aromatic N) is 2. The van der Waals surface area contributed by atoms with Gasteiger partial charge in [0.2, 0.25) is 0 Å². The molecule has 1 aromatic carbocycles. The van der Waals surface area contributed by atoms with Gasteiger partial charge in [-0.3, -0.25) is 9.80 Å². The smallest absolute Gasteiger partial charge is 0.0359 e. The molecule has 2 fully saturated rings. The monoisotopic (exact) mass is 259 g/mol. The van der Waals surface area contributed by atoms with Crippen molar-refractivity contribution in [3.63, 3.8) is 0 Å². The van der Waals surface area contributed by atoms with Gasteiger partial charge >= 0.3 is 0 Å². The highest BCUT2D eigenvalue weighted by molar-refractivity contribution is 5.48. The summed E-state index contributed by atoms with van der Waals surface area (Å²) in [5.74, 6) is 0. The summed E-state index contributed by atoms with van der Waals surface area (Å²) in [6, 6.07) is 7.15. The summed E-state index contributed by atoms with van der Waals surface area (Å²) in [7, 11) is 0. The zero-order chi connectivity index (χ0) is 13.2. The SMILES string of the molecule is Cc1ccc(N)c(CN2CCC(N3CCCC3)C2)c1. The van der Waals surface area contributed by atoms with Crippen LogP contribution in [-0.2, 0) is 6.54 Å². The third-order valence-corrected chi connectivity index (χ3v) is 4.60. The average Bonchev–Trinajstić information content (AvgIpc) is 3.04. The van der Waals surface area contributed by atoms with Gasteiger partial charge in [0.15, 0.2) is 0 Å². The predicted molar refractivity (Wildman–Crippen MR) is 80.1 cm³/mol. The number of nitrogens with two attached hydrogens (primary N) is 1. The minimum atomic E-state index is 0.786. The molecule has 2 heterocycles. The van der Waals surface area contributed by atoms with Gasteiger partial charge in [0.25, 0.3) is 0 Å². The molecule has 104 valence electrons. The number of hydrogen-bond donors (Lipinski definition) is 1. The van der Waals surface area contributed by atoms with Gasteiger partial charge in [-0.05, 0) is 50.9 Å². The molecule has 2 N–H and O–H groups in total. The first-order chi connectivity index (χ1) is 9.22. The van der Waals surface area contributed by atoms with Crippen LogP contribution in [0.5, 0.6) is 0 Å². The summed E-state index contributed by atoms with van der Waals surface area (Å²) < 4.78 is 0.